The summed E-state index contributed by atoms with van der Waals surface area (Å²) in [4.78, 5) is 8.26. The lowest BCUT2D eigenvalue weighted by Crippen LogP contribution is -2.27. The van der Waals surface area contributed by atoms with E-state index in [2.05, 4.69) is 49.9 Å². The molecule has 0 spiro atoms. The molecule has 92 valence electrons. The van der Waals surface area contributed by atoms with Gasteiger partial charge in [0, 0.05) is 24.5 Å². The van der Waals surface area contributed by atoms with Gasteiger partial charge in [0.1, 0.15) is 0 Å². The Bertz CT molecular complexity index is 322. The van der Waals surface area contributed by atoms with E-state index in [4.69, 9.17) is 0 Å². The van der Waals surface area contributed by atoms with Crippen LogP contribution in [0.25, 0.3) is 0 Å². The molecule has 1 rings (SSSR count). The maximum Gasteiger partial charge on any atom is 0.185 e. The number of hydrogen-bond donors (Lipinski definition) is 1. The van der Waals surface area contributed by atoms with Crippen LogP contribution < -0.4 is 10.2 Å². The van der Waals surface area contributed by atoms with Crippen molar-refractivity contribution in [3.05, 3.63) is 10.6 Å². The molecule has 0 aliphatic rings. The van der Waals surface area contributed by atoms with Crippen LogP contribution in [0.15, 0.2) is 0 Å². The van der Waals surface area contributed by atoms with Gasteiger partial charge in [-0.2, -0.15) is 0 Å². The van der Waals surface area contributed by atoms with Gasteiger partial charge in [-0.25, -0.2) is 4.98 Å². The van der Waals surface area contributed by atoms with Crippen LogP contribution in [0.3, 0.4) is 0 Å². The molecule has 0 saturated heterocycles. The highest BCUT2D eigenvalue weighted by molar-refractivity contribution is 7.15. The van der Waals surface area contributed by atoms with Crippen LogP contribution in [0.2, 0.25) is 0 Å². The summed E-state index contributed by atoms with van der Waals surface area (Å²) in [5.41, 5.74) is 1.16. The Morgan fingerprint density at radius 2 is 2.12 bits per heavy atom. The number of nitrogens with one attached hydrogen (secondary N) is 1. The van der Waals surface area contributed by atoms with Crippen molar-refractivity contribution in [2.24, 2.45) is 0 Å². The lowest BCUT2D eigenvalue weighted by molar-refractivity contribution is 0.661. The van der Waals surface area contributed by atoms with Crippen molar-refractivity contribution >= 4 is 16.5 Å². The lowest BCUT2D eigenvalue weighted by atomic mass is 10.2. The van der Waals surface area contributed by atoms with Gasteiger partial charge in [-0.3, -0.25) is 0 Å². The summed E-state index contributed by atoms with van der Waals surface area (Å²) in [7, 11) is 2.13. The fraction of sp³-hybridized carbons (Fsp3) is 0.750. The average Bonchev–Trinajstić information content (AvgIpc) is 2.66. The second-order valence-corrected chi connectivity index (χ2v) is 5.22. The predicted octanol–water partition coefficient (Wildman–Crippen LogP) is 2.80. The van der Waals surface area contributed by atoms with Crippen molar-refractivity contribution in [2.45, 2.75) is 46.7 Å². The van der Waals surface area contributed by atoms with Crippen molar-refractivity contribution in [3.63, 3.8) is 0 Å². The van der Waals surface area contributed by atoms with Crippen molar-refractivity contribution < 1.29 is 0 Å². The highest BCUT2D eigenvalue weighted by Crippen LogP contribution is 2.26. The summed E-state index contributed by atoms with van der Waals surface area (Å²) in [5.74, 6) is 0. The molecule has 1 aromatic heterocycles. The van der Waals surface area contributed by atoms with Crippen LogP contribution in [-0.2, 0) is 6.54 Å². The molecule has 0 aromatic carbocycles. The summed E-state index contributed by atoms with van der Waals surface area (Å²) < 4.78 is 0. The van der Waals surface area contributed by atoms with Crippen LogP contribution >= 0.6 is 11.3 Å². The van der Waals surface area contributed by atoms with Crippen molar-refractivity contribution in [1.29, 1.82) is 0 Å². The molecule has 0 aliphatic carbocycles. The standard InChI is InChI=1S/C12H23N3S/c1-6-9(3)15(5)12-14-10(4)11(16-12)8-13-7-2/h9,13H,6-8H2,1-5H3. The van der Waals surface area contributed by atoms with Crippen LogP contribution in [0.1, 0.15) is 37.8 Å². The van der Waals surface area contributed by atoms with Crippen molar-refractivity contribution in [3.8, 4) is 0 Å². The van der Waals surface area contributed by atoms with E-state index in [0.29, 0.717) is 6.04 Å². The molecule has 0 aliphatic heterocycles. The smallest absolute Gasteiger partial charge is 0.185 e. The minimum Gasteiger partial charge on any atom is -0.348 e. The maximum absolute atomic E-state index is 4.64. The molecule has 4 heteroatoms. The van der Waals surface area contributed by atoms with E-state index >= 15 is 0 Å². The Morgan fingerprint density at radius 1 is 1.44 bits per heavy atom. The van der Waals surface area contributed by atoms with E-state index in [-0.39, 0.29) is 0 Å². The Labute approximate surface area is 103 Å². The van der Waals surface area contributed by atoms with Crippen LogP contribution in [0.4, 0.5) is 5.13 Å². The quantitative estimate of drug-likeness (QED) is 0.830. The third-order valence-electron chi connectivity index (χ3n) is 2.97. The first-order chi connectivity index (χ1) is 7.60. The van der Waals surface area contributed by atoms with E-state index in [1.54, 1.807) is 11.3 Å². The summed E-state index contributed by atoms with van der Waals surface area (Å²) in [6, 6.07) is 0.553. The fourth-order valence-corrected chi connectivity index (χ4v) is 2.52. The number of thiazole rings is 1. The largest absolute Gasteiger partial charge is 0.348 e. The zero-order valence-corrected chi connectivity index (χ0v) is 11.8. The molecule has 1 heterocycles. The molecule has 0 amide bonds. The normalized spacial score (nSPS) is 12.8. The summed E-state index contributed by atoms with van der Waals surface area (Å²) in [6.07, 6.45) is 1.15. The molecule has 0 bridgehead atoms. The number of aromatic nitrogens is 1. The molecule has 1 N–H and O–H groups in total. The number of rotatable bonds is 6. The molecule has 0 fully saturated rings. The van der Waals surface area contributed by atoms with E-state index in [0.717, 1.165) is 30.3 Å². The first kappa shape index (κ1) is 13.5. The molecule has 1 aromatic rings. The van der Waals surface area contributed by atoms with Gasteiger partial charge in [0.25, 0.3) is 0 Å². The maximum atomic E-state index is 4.64. The van der Waals surface area contributed by atoms with E-state index in [1.807, 2.05) is 0 Å². The van der Waals surface area contributed by atoms with Gasteiger partial charge in [0.05, 0.1) is 5.69 Å². The van der Waals surface area contributed by atoms with E-state index < -0.39 is 0 Å². The molecule has 1 unspecified atom stereocenters. The van der Waals surface area contributed by atoms with E-state index in [1.165, 1.54) is 4.88 Å². The van der Waals surface area contributed by atoms with Gasteiger partial charge in [0.15, 0.2) is 5.13 Å². The van der Waals surface area contributed by atoms with Gasteiger partial charge in [-0.15, -0.1) is 11.3 Å². The molecule has 0 radical (unpaired) electrons. The third kappa shape index (κ3) is 3.19. The minimum absolute atomic E-state index is 0.553. The summed E-state index contributed by atoms with van der Waals surface area (Å²) in [5, 5.41) is 4.49. The zero-order chi connectivity index (χ0) is 12.1. The molecular formula is C12H23N3S. The number of aryl methyl sites for hydroxylation is 1. The number of nitrogens with zero attached hydrogens (tertiary/aromatic N) is 2. The Kier molecular flexibility index (Phi) is 5.22. The third-order valence-corrected chi connectivity index (χ3v) is 4.22. The Hall–Kier alpha value is -0.610. The van der Waals surface area contributed by atoms with Gasteiger partial charge >= 0.3 is 0 Å². The van der Waals surface area contributed by atoms with Crippen molar-refractivity contribution in [2.75, 3.05) is 18.5 Å². The van der Waals surface area contributed by atoms with Crippen LogP contribution in [0.5, 0.6) is 0 Å². The van der Waals surface area contributed by atoms with Crippen molar-refractivity contribution in [1.82, 2.24) is 10.3 Å². The van der Waals surface area contributed by atoms with Gasteiger partial charge in [-0.1, -0.05) is 13.8 Å². The van der Waals surface area contributed by atoms with Gasteiger partial charge in [-0.05, 0) is 26.8 Å². The molecular weight excluding hydrogens is 218 g/mol. The molecule has 16 heavy (non-hydrogen) atoms. The highest BCUT2D eigenvalue weighted by atomic mass is 32.1. The van der Waals surface area contributed by atoms with Crippen LogP contribution in [-0.4, -0.2) is 24.6 Å². The number of hydrogen-bond acceptors (Lipinski definition) is 4. The second-order valence-electron chi connectivity index (χ2n) is 4.15. The monoisotopic (exact) mass is 241 g/mol. The zero-order valence-electron chi connectivity index (χ0n) is 11.0. The summed E-state index contributed by atoms with van der Waals surface area (Å²) in [6.45, 7) is 10.6. The van der Waals surface area contributed by atoms with Gasteiger partial charge < -0.3 is 10.2 Å². The van der Waals surface area contributed by atoms with Gasteiger partial charge in [0.2, 0.25) is 0 Å². The first-order valence-electron chi connectivity index (χ1n) is 5.99. The fourth-order valence-electron chi connectivity index (χ4n) is 1.43. The number of anilines is 1. The highest BCUT2D eigenvalue weighted by Gasteiger charge is 2.14. The SMILES string of the molecule is CCNCc1sc(N(C)C(C)CC)nc1C. The lowest BCUT2D eigenvalue weighted by Gasteiger charge is -2.22. The first-order valence-corrected chi connectivity index (χ1v) is 6.81. The minimum atomic E-state index is 0.553. The topological polar surface area (TPSA) is 28.2 Å². The molecule has 1 atom stereocenters. The Balaban J connectivity index is 2.75. The van der Waals surface area contributed by atoms with E-state index in [9.17, 15) is 0 Å². The average molecular weight is 241 g/mol. The second kappa shape index (κ2) is 6.21. The molecule has 0 saturated carbocycles. The molecule has 3 nitrogen and oxygen atoms in total. The van der Waals surface area contributed by atoms with Crippen LogP contribution in [0, 0.1) is 6.92 Å². The summed E-state index contributed by atoms with van der Waals surface area (Å²) >= 11 is 1.80. The Morgan fingerprint density at radius 3 is 2.69 bits per heavy atom. The predicted molar refractivity (Wildman–Crippen MR) is 72.4 cm³/mol.